The lowest BCUT2D eigenvalue weighted by Gasteiger charge is -2.17. The smallest absolute Gasteiger partial charge is 0.223 e. The molecule has 3 aromatic rings. The molecule has 0 spiro atoms. The van der Waals surface area contributed by atoms with Gasteiger partial charge in [0, 0.05) is 35.5 Å². The molecule has 1 aliphatic heterocycles. The maximum atomic E-state index is 6.05. The van der Waals surface area contributed by atoms with Gasteiger partial charge in [-0.1, -0.05) is 13.8 Å². The third-order valence-corrected chi connectivity index (χ3v) is 6.51. The van der Waals surface area contributed by atoms with Crippen molar-refractivity contribution < 1.29 is 4.74 Å². The van der Waals surface area contributed by atoms with Crippen molar-refractivity contribution >= 4 is 28.7 Å². The Bertz CT molecular complexity index is 1080. The SMILES string of the molecule is COc1c(C)cnc(Cn2nc3c4c(nc(N)nc42)SCC(NCC(C)C)C3)c1C. The Morgan fingerprint density at radius 1 is 1.33 bits per heavy atom. The molecule has 0 saturated heterocycles. The number of nitrogens with one attached hydrogen (secondary N) is 1. The topological polar surface area (TPSA) is 104 Å². The summed E-state index contributed by atoms with van der Waals surface area (Å²) in [6.45, 7) is 9.94. The quantitative estimate of drug-likeness (QED) is 0.579. The highest BCUT2D eigenvalue weighted by atomic mass is 32.2. The molecule has 0 fully saturated rings. The molecule has 0 amide bonds. The molecule has 1 aliphatic rings. The molecule has 4 rings (SSSR count). The van der Waals surface area contributed by atoms with Crippen molar-refractivity contribution in [2.45, 2.75) is 51.7 Å². The number of thioether (sulfide) groups is 1. The second kappa shape index (κ2) is 8.39. The zero-order valence-corrected chi connectivity index (χ0v) is 19.0. The predicted octanol–water partition coefficient (Wildman–Crippen LogP) is 2.74. The number of anilines is 1. The maximum absolute atomic E-state index is 6.05. The number of rotatable bonds is 6. The van der Waals surface area contributed by atoms with Crippen LogP contribution in [0.15, 0.2) is 11.2 Å². The fourth-order valence-electron chi connectivity index (χ4n) is 3.86. The van der Waals surface area contributed by atoms with Crippen LogP contribution in [0.5, 0.6) is 5.75 Å². The van der Waals surface area contributed by atoms with Crippen LogP contribution in [0, 0.1) is 19.8 Å². The van der Waals surface area contributed by atoms with E-state index < -0.39 is 0 Å². The third-order valence-electron chi connectivity index (χ3n) is 5.37. The van der Waals surface area contributed by atoms with Crippen LogP contribution in [0.4, 0.5) is 5.95 Å². The van der Waals surface area contributed by atoms with E-state index in [-0.39, 0.29) is 5.95 Å². The summed E-state index contributed by atoms with van der Waals surface area (Å²) in [6.07, 6.45) is 2.68. The van der Waals surface area contributed by atoms with Crippen molar-refractivity contribution in [1.82, 2.24) is 30.0 Å². The van der Waals surface area contributed by atoms with Crippen LogP contribution < -0.4 is 15.8 Å². The monoisotopic (exact) mass is 427 g/mol. The largest absolute Gasteiger partial charge is 0.496 e. The summed E-state index contributed by atoms with van der Waals surface area (Å²) >= 11 is 1.72. The van der Waals surface area contributed by atoms with Gasteiger partial charge in [-0.25, -0.2) is 9.67 Å². The van der Waals surface area contributed by atoms with Crippen LogP contribution in [0.3, 0.4) is 0 Å². The van der Waals surface area contributed by atoms with Crippen LogP contribution in [0.2, 0.25) is 0 Å². The summed E-state index contributed by atoms with van der Waals surface area (Å²) in [5.74, 6) is 2.67. The normalized spacial score (nSPS) is 16.3. The molecular weight excluding hydrogens is 398 g/mol. The number of nitrogens with two attached hydrogens (primary N) is 1. The first-order valence-corrected chi connectivity index (χ1v) is 11.2. The molecule has 160 valence electrons. The molecule has 4 heterocycles. The number of ether oxygens (including phenoxy) is 1. The Hall–Kier alpha value is -2.39. The molecule has 0 bridgehead atoms. The van der Waals surface area contributed by atoms with Crippen molar-refractivity contribution in [2.24, 2.45) is 5.92 Å². The van der Waals surface area contributed by atoms with E-state index in [1.54, 1.807) is 18.9 Å². The zero-order chi connectivity index (χ0) is 21.4. The van der Waals surface area contributed by atoms with Crippen molar-refractivity contribution in [1.29, 1.82) is 0 Å². The number of hydrogen-bond acceptors (Lipinski definition) is 8. The lowest BCUT2D eigenvalue weighted by atomic mass is 10.1. The Labute approximate surface area is 181 Å². The number of aryl methyl sites for hydroxylation is 1. The van der Waals surface area contributed by atoms with E-state index in [1.165, 1.54) is 0 Å². The van der Waals surface area contributed by atoms with Gasteiger partial charge >= 0.3 is 0 Å². The summed E-state index contributed by atoms with van der Waals surface area (Å²) < 4.78 is 7.47. The van der Waals surface area contributed by atoms with Crippen molar-refractivity contribution in [2.75, 3.05) is 25.1 Å². The van der Waals surface area contributed by atoms with Crippen LogP contribution in [-0.4, -0.2) is 50.2 Å². The van der Waals surface area contributed by atoms with E-state index in [0.717, 1.165) is 63.0 Å². The lowest BCUT2D eigenvalue weighted by Crippen LogP contribution is -2.35. The van der Waals surface area contributed by atoms with Crippen molar-refractivity contribution in [3.8, 4) is 5.75 Å². The first-order chi connectivity index (χ1) is 14.4. The molecule has 0 radical (unpaired) electrons. The third kappa shape index (κ3) is 3.96. The van der Waals surface area contributed by atoms with Gasteiger partial charge in [-0.15, -0.1) is 11.8 Å². The van der Waals surface area contributed by atoms with Gasteiger partial charge in [-0.3, -0.25) is 4.98 Å². The summed E-state index contributed by atoms with van der Waals surface area (Å²) in [5, 5.41) is 10.5. The fourth-order valence-corrected chi connectivity index (χ4v) is 4.97. The van der Waals surface area contributed by atoms with Crippen LogP contribution in [0.1, 0.15) is 36.4 Å². The molecule has 3 N–H and O–H groups in total. The van der Waals surface area contributed by atoms with E-state index in [0.29, 0.717) is 18.5 Å². The Morgan fingerprint density at radius 3 is 2.87 bits per heavy atom. The lowest BCUT2D eigenvalue weighted by molar-refractivity contribution is 0.406. The Morgan fingerprint density at radius 2 is 2.13 bits per heavy atom. The van der Waals surface area contributed by atoms with E-state index in [4.69, 9.17) is 15.6 Å². The standard InChI is InChI=1S/C21H29N7OS/c1-11(2)7-23-14-6-15-17-19(25-21(22)26-20(17)30-10-14)28(27-15)9-16-13(4)18(29-5)12(3)8-24-16/h8,11,14,23H,6-7,9-10H2,1-5H3,(H2,22,25,26). The molecule has 1 atom stereocenters. The average Bonchev–Trinajstić information content (AvgIpc) is 2.92. The van der Waals surface area contributed by atoms with Gasteiger partial charge in [0.2, 0.25) is 5.95 Å². The molecule has 0 aromatic carbocycles. The Kier molecular flexibility index (Phi) is 5.84. The van der Waals surface area contributed by atoms with Crippen LogP contribution in [-0.2, 0) is 13.0 Å². The van der Waals surface area contributed by atoms with Crippen LogP contribution in [0.25, 0.3) is 11.0 Å². The van der Waals surface area contributed by atoms with Gasteiger partial charge < -0.3 is 15.8 Å². The minimum Gasteiger partial charge on any atom is -0.496 e. The number of hydrogen-bond donors (Lipinski definition) is 2. The second-order valence-electron chi connectivity index (χ2n) is 8.25. The molecule has 1 unspecified atom stereocenters. The summed E-state index contributed by atoms with van der Waals surface area (Å²) in [5.41, 5.74) is 10.8. The second-order valence-corrected chi connectivity index (χ2v) is 9.26. The van der Waals surface area contributed by atoms with Crippen molar-refractivity contribution in [3.05, 3.63) is 28.7 Å². The first-order valence-electron chi connectivity index (χ1n) is 10.3. The maximum Gasteiger partial charge on any atom is 0.223 e. The van der Waals surface area contributed by atoms with Gasteiger partial charge in [0.1, 0.15) is 10.8 Å². The number of aromatic nitrogens is 5. The Balaban J connectivity index is 1.74. The minimum absolute atomic E-state index is 0.275. The van der Waals surface area contributed by atoms with Gasteiger partial charge in [-0.2, -0.15) is 10.1 Å². The van der Waals surface area contributed by atoms with E-state index in [9.17, 15) is 0 Å². The predicted molar refractivity (Wildman–Crippen MR) is 120 cm³/mol. The molecule has 0 aliphatic carbocycles. The number of nitrogens with zero attached hydrogens (tertiary/aromatic N) is 5. The average molecular weight is 428 g/mol. The molecule has 30 heavy (non-hydrogen) atoms. The summed E-state index contributed by atoms with van der Waals surface area (Å²) in [6, 6.07) is 0.332. The summed E-state index contributed by atoms with van der Waals surface area (Å²) in [4.78, 5) is 13.7. The minimum atomic E-state index is 0.275. The molecule has 0 saturated carbocycles. The summed E-state index contributed by atoms with van der Waals surface area (Å²) in [7, 11) is 1.69. The highest BCUT2D eigenvalue weighted by Gasteiger charge is 2.26. The number of pyridine rings is 1. The van der Waals surface area contributed by atoms with Gasteiger partial charge in [0.15, 0.2) is 5.65 Å². The number of nitrogen functional groups attached to an aromatic ring is 1. The molecule has 3 aromatic heterocycles. The molecular formula is C21H29N7OS. The van der Waals surface area contributed by atoms with Crippen molar-refractivity contribution in [3.63, 3.8) is 0 Å². The number of methoxy groups -OCH3 is 1. The fraction of sp³-hybridized carbons (Fsp3) is 0.524. The van der Waals surface area contributed by atoms with Gasteiger partial charge in [0.25, 0.3) is 0 Å². The van der Waals surface area contributed by atoms with Gasteiger partial charge in [0.05, 0.1) is 30.4 Å². The molecule has 9 heteroatoms. The molecule has 8 nitrogen and oxygen atoms in total. The van der Waals surface area contributed by atoms with E-state index >= 15 is 0 Å². The zero-order valence-electron chi connectivity index (χ0n) is 18.2. The highest BCUT2D eigenvalue weighted by Crippen LogP contribution is 2.34. The van der Waals surface area contributed by atoms with E-state index in [1.807, 2.05) is 24.7 Å². The van der Waals surface area contributed by atoms with E-state index in [2.05, 4.69) is 34.1 Å². The van der Waals surface area contributed by atoms with Gasteiger partial charge in [-0.05, 0) is 26.3 Å². The highest BCUT2D eigenvalue weighted by molar-refractivity contribution is 7.99. The van der Waals surface area contributed by atoms with Crippen LogP contribution >= 0.6 is 11.8 Å². The first kappa shape index (κ1) is 20.9.